The second-order valence-corrected chi connectivity index (χ2v) is 11.8. The van der Waals surface area contributed by atoms with E-state index in [1.54, 1.807) is 0 Å². The van der Waals surface area contributed by atoms with Gasteiger partial charge in [-0.3, -0.25) is 14.4 Å². The van der Waals surface area contributed by atoms with Gasteiger partial charge in [0.25, 0.3) is 17.7 Å². The van der Waals surface area contributed by atoms with Crippen LogP contribution in [0.1, 0.15) is 46.4 Å². The summed E-state index contributed by atoms with van der Waals surface area (Å²) in [5.74, 6) is -3.53. The van der Waals surface area contributed by atoms with Crippen molar-refractivity contribution >= 4 is 46.3 Å². The van der Waals surface area contributed by atoms with Gasteiger partial charge in [0, 0.05) is 78.9 Å². The number of hydroxylamine groups is 2. The van der Waals surface area contributed by atoms with Gasteiger partial charge in [0.2, 0.25) is 5.36 Å². The number of carbonyl (C=O) groups is 5. The maximum atomic E-state index is 13.9. The third-order valence-electron chi connectivity index (χ3n) is 8.45. The smallest absolute Gasteiger partial charge is 0.355 e. The third kappa shape index (κ3) is 5.35. The Morgan fingerprint density at radius 2 is 1.70 bits per heavy atom. The number of hydrogen-bond donors (Lipinski definition) is 0. The first-order valence-corrected chi connectivity index (χ1v) is 14.9. The number of nitrogens with zero attached hydrogens (tertiary/aromatic N) is 4. The Bertz CT molecular complexity index is 1970. The summed E-state index contributed by atoms with van der Waals surface area (Å²) in [5, 5.41) is 14.5. The van der Waals surface area contributed by atoms with Crippen molar-refractivity contribution in [2.45, 2.75) is 31.7 Å². The zero-order valence-electron chi connectivity index (χ0n) is 25.9. The summed E-state index contributed by atoms with van der Waals surface area (Å²) in [6.07, 6.45) is 0.685. The van der Waals surface area contributed by atoms with Crippen molar-refractivity contribution in [3.63, 3.8) is 0 Å². The Kier molecular flexibility index (Phi) is 7.80. The van der Waals surface area contributed by atoms with Gasteiger partial charge in [-0.15, -0.1) is 5.06 Å². The maximum Gasteiger partial charge on any atom is 0.355 e. The van der Waals surface area contributed by atoms with Crippen LogP contribution >= 0.6 is 0 Å². The molecule has 3 heterocycles. The number of fused-ring (bicyclic) bond motifs is 2. The minimum atomic E-state index is -1.42. The summed E-state index contributed by atoms with van der Waals surface area (Å²) in [5.41, 5.74) is 2.83. The van der Waals surface area contributed by atoms with E-state index in [1.807, 2.05) is 74.1 Å². The van der Waals surface area contributed by atoms with Crippen LogP contribution in [-0.2, 0) is 19.2 Å². The molecular weight excluding hydrogens is 592 g/mol. The fourth-order valence-electron chi connectivity index (χ4n) is 6.01. The molecule has 46 heavy (non-hydrogen) atoms. The highest BCUT2D eigenvalue weighted by atomic mass is 16.7. The first kappa shape index (κ1) is 30.5. The average Bonchev–Trinajstić information content (AvgIpc) is 3.65. The van der Waals surface area contributed by atoms with E-state index in [1.165, 1.54) is 23.1 Å². The van der Waals surface area contributed by atoms with E-state index < -0.39 is 35.7 Å². The monoisotopic (exact) mass is 624 g/mol. The molecule has 3 amide bonds. The van der Waals surface area contributed by atoms with E-state index >= 15 is 0 Å². The lowest BCUT2D eigenvalue weighted by atomic mass is 9.89. The molecule has 1 atom stereocenters. The molecule has 0 N–H and O–H groups in total. The van der Waals surface area contributed by atoms with Crippen molar-refractivity contribution in [3.8, 4) is 22.5 Å². The van der Waals surface area contributed by atoms with E-state index in [4.69, 9.17) is 9.25 Å². The van der Waals surface area contributed by atoms with Gasteiger partial charge in [-0.05, 0) is 48.7 Å². The number of aromatic carboxylic acids is 1. The van der Waals surface area contributed by atoms with Crippen molar-refractivity contribution in [2.24, 2.45) is 0 Å². The van der Waals surface area contributed by atoms with Gasteiger partial charge < -0.3 is 29.0 Å². The van der Waals surface area contributed by atoms with Crippen molar-refractivity contribution in [1.29, 1.82) is 0 Å². The lowest BCUT2D eigenvalue weighted by Gasteiger charge is -2.25. The van der Waals surface area contributed by atoms with Gasteiger partial charge in [-0.2, -0.15) is 0 Å². The minimum absolute atomic E-state index is 0.0456. The van der Waals surface area contributed by atoms with Crippen LogP contribution in [0.15, 0.2) is 59.0 Å². The zero-order valence-corrected chi connectivity index (χ0v) is 25.9. The van der Waals surface area contributed by atoms with Crippen LogP contribution in [0.4, 0.5) is 5.69 Å². The highest BCUT2D eigenvalue weighted by molar-refractivity contribution is 6.09. The van der Waals surface area contributed by atoms with E-state index in [-0.39, 0.29) is 42.5 Å². The molecular formula is C34H32N4O8. The number of carboxylic acid groups (broad SMARTS) is 1. The van der Waals surface area contributed by atoms with Gasteiger partial charge >= 0.3 is 5.97 Å². The van der Waals surface area contributed by atoms with E-state index in [0.29, 0.717) is 39.3 Å². The SMILES string of the molecule is CN(C)c1ccc2c(-c3cc(C(=O)N4CCCC4C(=O)ON4C(=O)CCC4=O)ccc3C(=O)[O-])c3ccc(=[N+](C)C)cc-3oc2c1. The molecule has 4 aliphatic rings. The van der Waals surface area contributed by atoms with E-state index in [0.717, 1.165) is 11.0 Å². The van der Waals surface area contributed by atoms with Crippen molar-refractivity contribution in [1.82, 2.24) is 14.5 Å². The van der Waals surface area contributed by atoms with Crippen LogP contribution in [0.25, 0.3) is 33.4 Å². The maximum absolute atomic E-state index is 13.9. The van der Waals surface area contributed by atoms with Crippen LogP contribution in [0, 0.1) is 0 Å². The fourth-order valence-corrected chi connectivity index (χ4v) is 6.01. The lowest BCUT2D eigenvalue weighted by Crippen LogP contribution is -2.44. The molecule has 2 aromatic carbocycles. The van der Waals surface area contributed by atoms with Crippen LogP contribution in [-0.4, -0.2) is 80.4 Å². The van der Waals surface area contributed by atoms with Crippen LogP contribution in [0.2, 0.25) is 0 Å². The van der Waals surface area contributed by atoms with Crippen molar-refractivity contribution in [3.05, 3.63) is 71.1 Å². The first-order chi connectivity index (χ1) is 21.9. The van der Waals surface area contributed by atoms with E-state index in [2.05, 4.69) is 0 Å². The number of amides is 3. The van der Waals surface area contributed by atoms with Crippen molar-refractivity contribution in [2.75, 3.05) is 39.6 Å². The molecule has 1 aliphatic carbocycles. The normalized spacial score (nSPS) is 16.4. The molecule has 6 rings (SSSR count). The predicted molar refractivity (Wildman–Crippen MR) is 165 cm³/mol. The van der Waals surface area contributed by atoms with Crippen LogP contribution in [0.5, 0.6) is 0 Å². The summed E-state index contributed by atoms with van der Waals surface area (Å²) >= 11 is 0. The Balaban J connectivity index is 1.48. The number of carboxylic acids is 1. The molecule has 1 unspecified atom stereocenters. The fraction of sp³-hybridized carbons (Fsp3) is 0.294. The number of likely N-dealkylation sites (tertiary alicyclic amines) is 1. The molecule has 12 nitrogen and oxygen atoms in total. The van der Waals surface area contributed by atoms with Crippen LogP contribution < -0.4 is 19.9 Å². The standard InChI is InChI=1S/C34H32N4O8/c1-35(2)20-8-11-23-27(17-20)45-28-18-21(36(3)4)9-12-24(28)31(23)25-16-19(7-10-22(25)33(42)43)32(41)37-15-5-6-26(37)34(44)46-38-29(39)13-14-30(38)40/h7-12,16-18,26H,5-6,13-15H2,1-4H3. The molecule has 0 aromatic heterocycles. The van der Waals surface area contributed by atoms with Gasteiger partial charge in [-0.1, -0.05) is 6.07 Å². The second-order valence-electron chi connectivity index (χ2n) is 11.8. The molecule has 2 saturated heterocycles. The third-order valence-corrected chi connectivity index (χ3v) is 8.45. The Hall–Kier alpha value is -5.52. The first-order valence-electron chi connectivity index (χ1n) is 14.9. The van der Waals surface area contributed by atoms with Crippen LogP contribution in [0.3, 0.4) is 0 Å². The number of benzene rings is 3. The number of carbonyl (C=O) groups excluding carboxylic acids is 5. The molecule has 2 fully saturated rings. The Labute approximate surface area is 264 Å². The van der Waals surface area contributed by atoms with Gasteiger partial charge in [0.05, 0.1) is 12.0 Å². The summed E-state index contributed by atoms with van der Waals surface area (Å²) in [4.78, 5) is 71.9. The van der Waals surface area contributed by atoms with E-state index in [9.17, 15) is 29.1 Å². The molecule has 12 heteroatoms. The summed E-state index contributed by atoms with van der Waals surface area (Å²) in [6, 6.07) is 14.4. The molecule has 3 aliphatic heterocycles. The number of anilines is 1. The Morgan fingerprint density at radius 3 is 2.37 bits per heavy atom. The highest BCUT2D eigenvalue weighted by Gasteiger charge is 2.40. The second kappa shape index (κ2) is 11.8. The molecule has 2 aromatic rings. The number of hydrogen-bond acceptors (Lipinski definition) is 9. The summed E-state index contributed by atoms with van der Waals surface area (Å²) < 4.78 is 8.29. The Morgan fingerprint density at radius 1 is 0.957 bits per heavy atom. The molecule has 0 radical (unpaired) electrons. The zero-order chi connectivity index (χ0) is 32.9. The highest BCUT2D eigenvalue weighted by Crippen LogP contribution is 2.42. The minimum Gasteiger partial charge on any atom is -0.545 e. The average molecular weight is 625 g/mol. The van der Waals surface area contributed by atoms with Crippen molar-refractivity contribution < 1.29 is 38.3 Å². The molecule has 0 saturated carbocycles. The molecule has 0 spiro atoms. The lowest BCUT2D eigenvalue weighted by molar-refractivity contribution is -0.255. The summed E-state index contributed by atoms with van der Waals surface area (Å²) in [6.45, 7) is 0.231. The van der Waals surface area contributed by atoms with Gasteiger partial charge in [0.1, 0.15) is 31.5 Å². The quantitative estimate of drug-likeness (QED) is 0.178. The number of rotatable bonds is 6. The molecule has 236 valence electrons. The topological polar surface area (TPSA) is 144 Å². The van der Waals surface area contributed by atoms with Gasteiger partial charge in [-0.25, -0.2) is 9.37 Å². The predicted octanol–water partition coefficient (Wildman–Crippen LogP) is 1.88. The van der Waals surface area contributed by atoms with Gasteiger partial charge in [0.15, 0.2) is 0 Å². The summed E-state index contributed by atoms with van der Waals surface area (Å²) in [7, 11) is 7.61. The largest absolute Gasteiger partial charge is 0.545 e. The number of imide groups is 1. The molecule has 0 bridgehead atoms.